The summed E-state index contributed by atoms with van der Waals surface area (Å²) in [4.78, 5) is 1.88. The Morgan fingerprint density at radius 1 is 1.04 bits per heavy atom. The van der Waals surface area contributed by atoms with E-state index in [0.717, 1.165) is 0 Å². The highest BCUT2D eigenvalue weighted by atomic mass is 35.5. The number of nitrogens with zero attached hydrogens (tertiary/aromatic N) is 1. The van der Waals surface area contributed by atoms with Crippen LogP contribution in [0.4, 0.5) is 13.2 Å². The van der Waals surface area contributed by atoms with Crippen molar-refractivity contribution in [2.75, 3.05) is 26.2 Å². The second-order valence-corrected chi connectivity index (χ2v) is 5.84. The molecule has 0 aromatic heterocycles. The quantitative estimate of drug-likeness (QED) is 0.872. The molecule has 0 bridgehead atoms. The van der Waals surface area contributed by atoms with E-state index in [1.165, 1.54) is 6.07 Å². The summed E-state index contributed by atoms with van der Waals surface area (Å²) in [5, 5.41) is 14.4. The lowest BCUT2D eigenvalue weighted by Gasteiger charge is -2.36. The highest BCUT2D eigenvalue weighted by Gasteiger charge is 2.36. The van der Waals surface area contributed by atoms with Crippen molar-refractivity contribution >= 4 is 23.2 Å². The lowest BCUT2D eigenvalue weighted by Crippen LogP contribution is -2.46. The van der Waals surface area contributed by atoms with Crippen LogP contribution in [0.3, 0.4) is 0 Å². The zero-order chi connectivity index (χ0) is 16.4. The SMILES string of the molecule is Cl.Oc1ccc([C@@H](CC(F)(F)F)N2CCNCC2)c2ccccc12. The standard InChI is InChI=1S/C17H19F3N2O.ClH/c18-17(19,20)11-15(22-9-7-21-8-10-22)13-5-6-16(23)14-4-2-1-3-12(13)14;/h1-6,15,21,23H,7-11H2;1H/t15-;/m1./s1. The van der Waals surface area contributed by atoms with Gasteiger partial charge in [0.05, 0.1) is 6.42 Å². The first-order valence-corrected chi connectivity index (χ1v) is 7.68. The Kier molecular flexibility index (Phi) is 5.96. The molecule has 132 valence electrons. The average Bonchev–Trinajstić information content (AvgIpc) is 2.54. The van der Waals surface area contributed by atoms with Crippen LogP contribution < -0.4 is 5.32 Å². The monoisotopic (exact) mass is 360 g/mol. The molecule has 0 radical (unpaired) electrons. The molecule has 3 rings (SSSR count). The number of benzene rings is 2. The maximum atomic E-state index is 13.1. The van der Waals surface area contributed by atoms with Crippen LogP contribution >= 0.6 is 12.4 Å². The third kappa shape index (κ3) is 4.12. The molecule has 0 amide bonds. The zero-order valence-electron chi connectivity index (χ0n) is 13.0. The molecule has 2 N–H and O–H groups in total. The fourth-order valence-corrected chi connectivity index (χ4v) is 3.25. The van der Waals surface area contributed by atoms with E-state index in [9.17, 15) is 18.3 Å². The van der Waals surface area contributed by atoms with Crippen molar-refractivity contribution in [1.29, 1.82) is 0 Å². The first-order valence-electron chi connectivity index (χ1n) is 7.68. The Labute approximate surface area is 144 Å². The number of rotatable bonds is 3. The maximum Gasteiger partial charge on any atom is 0.390 e. The summed E-state index contributed by atoms with van der Waals surface area (Å²) < 4.78 is 39.4. The van der Waals surface area contributed by atoms with E-state index in [2.05, 4.69) is 5.32 Å². The van der Waals surface area contributed by atoms with Crippen molar-refractivity contribution in [3.05, 3.63) is 42.0 Å². The maximum absolute atomic E-state index is 13.1. The second-order valence-electron chi connectivity index (χ2n) is 5.84. The van der Waals surface area contributed by atoms with Gasteiger partial charge in [0.2, 0.25) is 0 Å². The van der Waals surface area contributed by atoms with E-state index in [1.807, 2.05) is 4.90 Å². The van der Waals surface area contributed by atoms with Crippen molar-refractivity contribution in [3.8, 4) is 5.75 Å². The van der Waals surface area contributed by atoms with Gasteiger partial charge in [0, 0.05) is 37.6 Å². The van der Waals surface area contributed by atoms with E-state index in [-0.39, 0.29) is 18.2 Å². The number of phenolic OH excluding ortho intramolecular Hbond substituents is 1. The van der Waals surface area contributed by atoms with Gasteiger partial charge >= 0.3 is 6.18 Å². The molecule has 7 heteroatoms. The fraction of sp³-hybridized carbons (Fsp3) is 0.412. The third-order valence-electron chi connectivity index (χ3n) is 4.31. The Bertz CT molecular complexity index is 687. The summed E-state index contributed by atoms with van der Waals surface area (Å²) in [6.07, 6.45) is -5.13. The molecular formula is C17H20ClF3N2O. The van der Waals surface area contributed by atoms with Crippen LogP contribution in [0.1, 0.15) is 18.0 Å². The van der Waals surface area contributed by atoms with Crippen LogP contribution in [0.15, 0.2) is 36.4 Å². The molecule has 24 heavy (non-hydrogen) atoms. The molecule has 3 nitrogen and oxygen atoms in total. The fourth-order valence-electron chi connectivity index (χ4n) is 3.25. The number of piperazine rings is 1. The van der Waals surface area contributed by atoms with Gasteiger partial charge in [-0.05, 0) is 17.0 Å². The van der Waals surface area contributed by atoms with Gasteiger partial charge in [-0.3, -0.25) is 4.90 Å². The molecule has 0 spiro atoms. The lowest BCUT2D eigenvalue weighted by molar-refractivity contribution is -0.148. The minimum absolute atomic E-state index is 0. The molecule has 1 aliphatic heterocycles. The van der Waals surface area contributed by atoms with Gasteiger partial charge in [0.25, 0.3) is 0 Å². The molecular weight excluding hydrogens is 341 g/mol. The summed E-state index contributed by atoms with van der Waals surface area (Å²) >= 11 is 0. The minimum atomic E-state index is -4.24. The lowest BCUT2D eigenvalue weighted by atomic mass is 9.94. The van der Waals surface area contributed by atoms with Gasteiger partial charge in [-0.1, -0.05) is 30.3 Å². The summed E-state index contributed by atoms with van der Waals surface area (Å²) in [6, 6.07) is 9.44. The second kappa shape index (κ2) is 7.59. The van der Waals surface area contributed by atoms with Crippen molar-refractivity contribution < 1.29 is 18.3 Å². The Balaban J connectivity index is 0.00000208. The number of aromatic hydroxyl groups is 1. The van der Waals surface area contributed by atoms with Crippen LogP contribution in [0.2, 0.25) is 0 Å². The van der Waals surface area contributed by atoms with E-state index in [0.29, 0.717) is 42.5 Å². The molecule has 0 unspecified atom stereocenters. The first kappa shape index (κ1) is 18.8. The van der Waals surface area contributed by atoms with E-state index in [1.54, 1.807) is 30.3 Å². The smallest absolute Gasteiger partial charge is 0.390 e. The van der Waals surface area contributed by atoms with Gasteiger partial charge in [0.1, 0.15) is 5.75 Å². The number of halogens is 4. The average molecular weight is 361 g/mol. The number of nitrogens with one attached hydrogen (secondary N) is 1. The highest BCUT2D eigenvalue weighted by molar-refractivity contribution is 5.91. The molecule has 2 aromatic carbocycles. The topological polar surface area (TPSA) is 35.5 Å². The van der Waals surface area contributed by atoms with Crippen LogP contribution in [-0.4, -0.2) is 42.4 Å². The Hall–Kier alpha value is -1.50. The normalized spacial score (nSPS) is 17.5. The third-order valence-corrected chi connectivity index (χ3v) is 4.31. The van der Waals surface area contributed by atoms with E-state index < -0.39 is 18.6 Å². The number of alkyl halides is 3. The zero-order valence-corrected chi connectivity index (χ0v) is 13.8. The van der Waals surface area contributed by atoms with Crippen molar-refractivity contribution in [3.63, 3.8) is 0 Å². The van der Waals surface area contributed by atoms with Crippen molar-refractivity contribution in [2.45, 2.75) is 18.6 Å². The summed E-state index contributed by atoms with van der Waals surface area (Å²) in [7, 11) is 0. The van der Waals surface area contributed by atoms with Crippen molar-refractivity contribution in [2.24, 2.45) is 0 Å². The highest BCUT2D eigenvalue weighted by Crippen LogP contribution is 2.39. The van der Waals surface area contributed by atoms with Gasteiger partial charge in [-0.25, -0.2) is 0 Å². The van der Waals surface area contributed by atoms with Gasteiger partial charge in [-0.2, -0.15) is 13.2 Å². The molecule has 1 atom stereocenters. The van der Waals surface area contributed by atoms with E-state index in [4.69, 9.17) is 0 Å². The molecule has 1 heterocycles. The van der Waals surface area contributed by atoms with Gasteiger partial charge in [-0.15, -0.1) is 12.4 Å². The number of fused-ring (bicyclic) bond motifs is 1. The predicted molar refractivity (Wildman–Crippen MR) is 90.7 cm³/mol. The van der Waals surface area contributed by atoms with Crippen molar-refractivity contribution in [1.82, 2.24) is 10.2 Å². The molecule has 1 aliphatic rings. The minimum Gasteiger partial charge on any atom is -0.507 e. The number of phenols is 1. The van der Waals surface area contributed by atoms with E-state index >= 15 is 0 Å². The summed E-state index contributed by atoms with van der Waals surface area (Å²) in [5.41, 5.74) is 0.623. The summed E-state index contributed by atoms with van der Waals surface area (Å²) in [6.45, 7) is 2.53. The first-order chi connectivity index (χ1) is 11.0. The van der Waals surface area contributed by atoms with Crippen LogP contribution in [0.25, 0.3) is 10.8 Å². The molecule has 1 saturated heterocycles. The molecule has 0 saturated carbocycles. The summed E-state index contributed by atoms with van der Waals surface area (Å²) in [5.74, 6) is 0.0930. The number of hydrogen-bond donors (Lipinski definition) is 2. The van der Waals surface area contributed by atoms with Gasteiger partial charge < -0.3 is 10.4 Å². The number of hydrogen-bond acceptors (Lipinski definition) is 3. The predicted octanol–water partition coefficient (Wildman–Crippen LogP) is 3.87. The van der Waals surface area contributed by atoms with Gasteiger partial charge in [0.15, 0.2) is 0 Å². The molecule has 2 aromatic rings. The van der Waals surface area contributed by atoms with Crippen LogP contribution in [0.5, 0.6) is 5.75 Å². The van der Waals surface area contributed by atoms with Crippen LogP contribution in [0, 0.1) is 0 Å². The van der Waals surface area contributed by atoms with Crippen LogP contribution in [-0.2, 0) is 0 Å². The Morgan fingerprint density at radius 3 is 2.29 bits per heavy atom. The molecule has 1 fully saturated rings. The largest absolute Gasteiger partial charge is 0.507 e. The Morgan fingerprint density at radius 2 is 1.67 bits per heavy atom. The molecule has 0 aliphatic carbocycles.